The maximum absolute atomic E-state index is 12.7. The Kier molecular flexibility index (Phi) is 7.24. The van der Waals surface area contributed by atoms with E-state index >= 15 is 0 Å². The first-order valence-corrected chi connectivity index (χ1v) is 11.9. The fourth-order valence-electron chi connectivity index (χ4n) is 3.65. The second kappa shape index (κ2) is 9.87. The number of benzene rings is 1. The molecule has 1 aliphatic rings. The summed E-state index contributed by atoms with van der Waals surface area (Å²) in [6.07, 6.45) is 4.14. The van der Waals surface area contributed by atoms with E-state index in [1.54, 1.807) is 12.3 Å². The molecule has 0 unspecified atom stereocenters. The van der Waals surface area contributed by atoms with Crippen LogP contribution in [0, 0.1) is 11.3 Å². The van der Waals surface area contributed by atoms with Gasteiger partial charge in [-0.15, -0.1) is 0 Å². The van der Waals surface area contributed by atoms with Crippen LogP contribution in [0.15, 0.2) is 41.4 Å². The van der Waals surface area contributed by atoms with E-state index in [9.17, 15) is 13.2 Å². The minimum absolute atomic E-state index is 0.0812. The number of unbranched alkanes of at least 4 members (excludes halogenated alkanes) is 1. The topological polar surface area (TPSA) is 108 Å². The first-order chi connectivity index (χ1) is 14.4. The number of amides is 1. The lowest BCUT2D eigenvalue weighted by Gasteiger charge is -2.31. The molecule has 1 saturated heterocycles. The number of carbonyl (C=O) groups is 1. The van der Waals surface area contributed by atoms with Gasteiger partial charge in [0.25, 0.3) is 5.91 Å². The Hall–Kier alpha value is -2.70. The number of nitriles is 1. The van der Waals surface area contributed by atoms with Gasteiger partial charge in [0.1, 0.15) is 5.82 Å². The predicted octanol–water partition coefficient (Wildman–Crippen LogP) is 2.87. The quantitative estimate of drug-likeness (QED) is 0.647. The Morgan fingerprint density at radius 2 is 1.93 bits per heavy atom. The van der Waals surface area contributed by atoms with Crippen molar-refractivity contribution in [1.29, 1.82) is 5.26 Å². The normalized spacial score (nSPS) is 15.6. The maximum atomic E-state index is 12.7. The highest BCUT2D eigenvalue weighted by Gasteiger charge is 2.22. The summed E-state index contributed by atoms with van der Waals surface area (Å²) in [4.78, 5) is 15.2. The van der Waals surface area contributed by atoms with Crippen molar-refractivity contribution in [2.45, 2.75) is 43.5 Å². The summed E-state index contributed by atoms with van der Waals surface area (Å²) in [5, 5.41) is 15.9. The second-order valence-electron chi connectivity index (χ2n) is 7.39. The summed E-state index contributed by atoms with van der Waals surface area (Å²) >= 11 is 0. The first kappa shape index (κ1) is 22.0. The highest BCUT2D eigenvalue weighted by molar-refractivity contribution is 7.91. The fraction of sp³-hybridized carbons (Fsp3) is 0.476. The summed E-state index contributed by atoms with van der Waals surface area (Å²) in [7, 11) is -3.45. The zero-order chi connectivity index (χ0) is 21.6. The lowest BCUT2D eigenvalue weighted by atomic mass is 10.1. The maximum Gasteiger partial charge on any atom is 0.256 e. The molecule has 1 aromatic carbocycles. The Morgan fingerprint density at radius 3 is 2.57 bits per heavy atom. The molecule has 3 rings (SSSR count). The zero-order valence-electron chi connectivity index (χ0n) is 17.1. The van der Waals surface area contributed by atoms with Gasteiger partial charge in [-0.05, 0) is 50.1 Å². The van der Waals surface area contributed by atoms with Crippen LogP contribution in [-0.4, -0.2) is 54.4 Å². The number of hydrogen-bond donors (Lipinski definition) is 1. The van der Waals surface area contributed by atoms with Crippen molar-refractivity contribution in [3.63, 3.8) is 0 Å². The fourth-order valence-corrected chi connectivity index (χ4v) is 4.96. The Labute approximate surface area is 177 Å². The molecule has 1 aliphatic heterocycles. The van der Waals surface area contributed by atoms with Crippen LogP contribution in [0.3, 0.4) is 0 Å². The van der Waals surface area contributed by atoms with Gasteiger partial charge in [-0.1, -0.05) is 6.92 Å². The summed E-state index contributed by atoms with van der Waals surface area (Å²) < 4.78 is 26.4. The number of piperidine rings is 1. The molecule has 0 atom stereocenters. The summed E-state index contributed by atoms with van der Waals surface area (Å²) in [6.45, 7) is 5.22. The molecule has 160 valence electrons. The van der Waals surface area contributed by atoms with Gasteiger partial charge in [0.2, 0.25) is 0 Å². The van der Waals surface area contributed by atoms with Gasteiger partial charge < -0.3 is 10.2 Å². The average molecular weight is 430 g/mol. The molecule has 1 amide bonds. The van der Waals surface area contributed by atoms with Gasteiger partial charge in [-0.25, -0.2) is 13.1 Å². The molecule has 0 bridgehead atoms. The molecule has 1 aromatic heterocycles. The van der Waals surface area contributed by atoms with Gasteiger partial charge in [-0.2, -0.15) is 10.4 Å². The molecular weight excluding hydrogens is 402 g/mol. The smallest absolute Gasteiger partial charge is 0.256 e. The highest BCUT2D eigenvalue weighted by Crippen LogP contribution is 2.25. The van der Waals surface area contributed by atoms with Crippen LogP contribution < -0.4 is 5.32 Å². The van der Waals surface area contributed by atoms with Crippen molar-refractivity contribution >= 4 is 21.6 Å². The second-order valence-corrected chi connectivity index (χ2v) is 9.49. The lowest BCUT2D eigenvalue weighted by molar-refractivity contribution is 0.102. The van der Waals surface area contributed by atoms with Crippen molar-refractivity contribution in [2.24, 2.45) is 0 Å². The largest absolute Gasteiger partial charge is 0.307 e. The van der Waals surface area contributed by atoms with Crippen LogP contribution >= 0.6 is 0 Å². The predicted molar refractivity (Wildman–Crippen MR) is 114 cm³/mol. The van der Waals surface area contributed by atoms with Crippen molar-refractivity contribution in [1.82, 2.24) is 14.7 Å². The van der Waals surface area contributed by atoms with E-state index in [1.165, 1.54) is 24.3 Å². The molecule has 30 heavy (non-hydrogen) atoms. The monoisotopic (exact) mass is 429 g/mol. The summed E-state index contributed by atoms with van der Waals surface area (Å²) in [5.74, 6) is 0.251. The molecule has 9 heteroatoms. The van der Waals surface area contributed by atoms with Crippen molar-refractivity contribution in [2.75, 3.05) is 30.7 Å². The number of nitrogens with zero attached hydrogens (tertiary/aromatic N) is 4. The zero-order valence-corrected chi connectivity index (χ0v) is 17.9. The van der Waals surface area contributed by atoms with Crippen molar-refractivity contribution in [3.8, 4) is 6.07 Å². The van der Waals surface area contributed by atoms with Crippen molar-refractivity contribution < 1.29 is 13.2 Å². The van der Waals surface area contributed by atoms with E-state index in [0.29, 0.717) is 17.8 Å². The van der Waals surface area contributed by atoms with Gasteiger partial charge >= 0.3 is 0 Å². The number of carbonyl (C=O) groups excluding carboxylic acids is 1. The van der Waals surface area contributed by atoms with E-state index in [1.807, 2.05) is 10.8 Å². The Balaban J connectivity index is 1.65. The molecule has 0 radical (unpaired) electrons. The Bertz CT molecular complexity index is 1000. The first-order valence-electron chi connectivity index (χ1n) is 10.2. The Morgan fingerprint density at radius 1 is 1.23 bits per heavy atom. The number of nitrogens with one attached hydrogen (secondary N) is 1. The number of rotatable bonds is 8. The molecule has 2 heterocycles. The molecule has 0 spiro atoms. The lowest BCUT2D eigenvalue weighted by Crippen LogP contribution is -2.35. The molecule has 8 nitrogen and oxygen atoms in total. The third-order valence-electron chi connectivity index (χ3n) is 5.44. The van der Waals surface area contributed by atoms with Crippen LogP contribution in [0.4, 0.5) is 5.82 Å². The van der Waals surface area contributed by atoms with Crippen molar-refractivity contribution in [3.05, 3.63) is 42.1 Å². The molecular formula is C21H27N5O3S. The van der Waals surface area contributed by atoms with Crippen LogP contribution in [-0.2, 0) is 9.84 Å². The summed E-state index contributed by atoms with van der Waals surface area (Å²) in [6, 6.07) is 9.86. The number of likely N-dealkylation sites (tertiary alicyclic amines) is 1. The van der Waals surface area contributed by atoms with Crippen LogP contribution in [0.5, 0.6) is 0 Å². The van der Waals surface area contributed by atoms with Gasteiger partial charge in [0.05, 0.1) is 29.0 Å². The standard InChI is InChI=1S/C21H27N5O3S/c1-2-25-14-10-18(11-15-25)26-20(9-13-23-26)24-21(27)17-5-7-19(8-6-17)30(28,29)16-4-3-12-22/h5-9,13,18H,2-4,10-11,14-16H2,1H3,(H,24,27). The molecule has 2 aromatic rings. The average Bonchev–Trinajstić information content (AvgIpc) is 3.22. The molecule has 0 aliphatic carbocycles. The molecule has 1 N–H and O–H groups in total. The number of aromatic nitrogens is 2. The van der Waals surface area contributed by atoms with Gasteiger partial charge in [0.15, 0.2) is 9.84 Å². The van der Waals surface area contributed by atoms with E-state index in [4.69, 9.17) is 5.26 Å². The van der Waals surface area contributed by atoms with Gasteiger partial charge in [-0.3, -0.25) is 4.79 Å². The van der Waals surface area contributed by atoms with E-state index in [2.05, 4.69) is 22.2 Å². The third-order valence-corrected chi connectivity index (χ3v) is 7.26. The van der Waals surface area contributed by atoms with Crippen LogP contribution in [0.2, 0.25) is 0 Å². The minimum Gasteiger partial charge on any atom is -0.307 e. The molecule has 1 fully saturated rings. The number of sulfone groups is 1. The SMILES string of the molecule is CCN1CCC(n2nccc2NC(=O)c2ccc(S(=O)(=O)CCCC#N)cc2)CC1. The van der Waals surface area contributed by atoms with E-state index in [0.717, 1.165) is 32.5 Å². The molecule has 0 saturated carbocycles. The van der Waals surface area contributed by atoms with Gasteiger partial charge in [0, 0.05) is 31.1 Å². The highest BCUT2D eigenvalue weighted by atomic mass is 32.2. The van der Waals surface area contributed by atoms with E-state index < -0.39 is 9.84 Å². The summed E-state index contributed by atoms with van der Waals surface area (Å²) in [5.41, 5.74) is 0.375. The van der Waals surface area contributed by atoms with Crippen LogP contribution in [0.1, 0.15) is 49.0 Å². The third kappa shape index (κ3) is 5.26. The van der Waals surface area contributed by atoms with Crippen LogP contribution in [0.25, 0.3) is 0 Å². The number of anilines is 1. The van der Waals surface area contributed by atoms with E-state index in [-0.39, 0.29) is 29.0 Å². The number of hydrogen-bond acceptors (Lipinski definition) is 6. The minimum atomic E-state index is -3.45.